The van der Waals surface area contributed by atoms with Gasteiger partial charge in [0.1, 0.15) is 5.75 Å². The molecular weight excluding hydrogens is 354 g/mol. The van der Waals surface area contributed by atoms with Crippen molar-refractivity contribution in [3.05, 3.63) is 42.5 Å². The van der Waals surface area contributed by atoms with Crippen LogP contribution in [0.3, 0.4) is 0 Å². The Labute approximate surface area is 155 Å². The molecule has 142 valence electrons. The maximum absolute atomic E-state index is 13.1. The van der Waals surface area contributed by atoms with Crippen LogP contribution in [0.15, 0.2) is 47.4 Å². The molecule has 0 aliphatic carbocycles. The largest absolute Gasteiger partial charge is 0.493 e. The summed E-state index contributed by atoms with van der Waals surface area (Å²) in [6, 6.07) is 11.6. The number of benzene rings is 2. The van der Waals surface area contributed by atoms with Gasteiger partial charge >= 0.3 is 0 Å². The van der Waals surface area contributed by atoms with Crippen molar-refractivity contribution in [1.29, 1.82) is 0 Å². The second kappa shape index (κ2) is 8.31. The van der Waals surface area contributed by atoms with Crippen molar-refractivity contribution >= 4 is 15.7 Å². The predicted octanol–water partition coefficient (Wildman–Crippen LogP) is 3.71. The highest BCUT2D eigenvalue weighted by Crippen LogP contribution is 2.32. The summed E-state index contributed by atoms with van der Waals surface area (Å²) in [5.41, 5.74) is 0.568. The standard InChI is InChI=1S/C19H25NO5S/c1-6-20(15-7-9-16(10-8-15)25-14(2)3)26(21,22)17-11-12-18(23-4)19(13-17)24-5/h7-14H,6H2,1-5H3. The van der Waals surface area contributed by atoms with Crippen LogP contribution in [0.4, 0.5) is 5.69 Å². The summed E-state index contributed by atoms with van der Waals surface area (Å²) in [7, 11) is -0.764. The number of sulfonamides is 1. The minimum absolute atomic E-state index is 0.0543. The summed E-state index contributed by atoms with van der Waals surface area (Å²) >= 11 is 0. The van der Waals surface area contributed by atoms with E-state index in [1.165, 1.54) is 30.7 Å². The van der Waals surface area contributed by atoms with Crippen LogP contribution in [-0.2, 0) is 10.0 Å². The molecule has 0 radical (unpaired) electrons. The molecule has 0 heterocycles. The van der Waals surface area contributed by atoms with Crippen molar-refractivity contribution in [3.63, 3.8) is 0 Å². The number of hydrogen-bond donors (Lipinski definition) is 0. The van der Waals surface area contributed by atoms with Gasteiger partial charge in [-0.25, -0.2) is 8.42 Å². The molecule has 0 unspecified atom stereocenters. The Hall–Kier alpha value is -2.41. The number of hydrogen-bond acceptors (Lipinski definition) is 5. The normalized spacial score (nSPS) is 11.3. The fraction of sp³-hybridized carbons (Fsp3) is 0.368. The molecule has 0 atom stereocenters. The minimum atomic E-state index is -3.74. The van der Waals surface area contributed by atoms with Gasteiger partial charge in [0, 0.05) is 12.6 Å². The second-order valence-corrected chi connectivity index (χ2v) is 7.71. The summed E-state index contributed by atoms with van der Waals surface area (Å²) < 4.78 is 43.5. The zero-order valence-electron chi connectivity index (χ0n) is 15.7. The van der Waals surface area contributed by atoms with E-state index in [1.807, 2.05) is 13.8 Å². The smallest absolute Gasteiger partial charge is 0.264 e. The quantitative estimate of drug-likeness (QED) is 0.700. The van der Waals surface area contributed by atoms with Crippen LogP contribution < -0.4 is 18.5 Å². The molecule has 0 bridgehead atoms. The summed E-state index contributed by atoms with van der Waals surface area (Å²) in [5, 5.41) is 0. The zero-order valence-corrected chi connectivity index (χ0v) is 16.5. The van der Waals surface area contributed by atoms with E-state index in [0.717, 1.165) is 0 Å². The van der Waals surface area contributed by atoms with E-state index in [4.69, 9.17) is 14.2 Å². The van der Waals surface area contributed by atoms with Gasteiger partial charge in [-0.1, -0.05) is 0 Å². The van der Waals surface area contributed by atoms with Crippen LogP contribution in [0.5, 0.6) is 17.2 Å². The van der Waals surface area contributed by atoms with Gasteiger partial charge in [-0.2, -0.15) is 0 Å². The molecule has 0 aliphatic rings. The summed E-state index contributed by atoms with van der Waals surface area (Å²) in [5.74, 6) is 1.54. The van der Waals surface area contributed by atoms with Gasteiger partial charge in [0.2, 0.25) is 0 Å². The van der Waals surface area contributed by atoms with Gasteiger partial charge < -0.3 is 14.2 Å². The third kappa shape index (κ3) is 4.22. The van der Waals surface area contributed by atoms with E-state index in [1.54, 1.807) is 37.3 Å². The molecule has 26 heavy (non-hydrogen) atoms. The maximum atomic E-state index is 13.1. The molecule has 0 aromatic heterocycles. The van der Waals surface area contributed by atoms with Crippen molar-refractivity contribution in [2.24, 2.45) is 0 Å². The topological polar surface area (TPSA) is 65.1 Å². The lowest BCUT2D eigenvalue weighted by atomic mass is 10.3. The Morgan fingerprint density at radius 2 is 1.58 bits per heavy atom. The Morgan fingerprint density at radius 1 is 0.962 bits per heavy atom. The lowest BCUT2D eigenvalue weighted by Gasteiger charge is -2.23. The first-order valence-corrected chi connectivity index (χ1v) is 9.79. The van der Waals surface area contributed by atoms with E-state index < -0.39 is 10.0 Å². The van der Waals surface area contributed by atoms with Gasteiger partial charge in [0.15, 0.2) is 11.5 Å². The van der Waals surface area contributed by atoms with E-state index >= 15 is 0 Å². The van der Waals surface area contributed by atoms with Crippen molar-refractivity contribution in [3.8, 4) is 17.2 Å². The average molecular weight is 379 g/mol. The molecule has 2 aromatic rings. The highest BCUT2D eigenvalue weighted by Gasteiger charge is 2.25. The third-order valence-corrected chi connectivity index (χ3v) is 5.63. The van der Waals surface area contributed by atoms with Crippen molar-refractivity contribution in [2.45, 2.75) is 31.8 Å². The Morgan fingerprint density at radius 3 is 2.08 bits per heavy atom. The fourth-order valence-electron chi connectivity index (χ4n) is 2.56. The summed E-state index contributed by atoms with van der Waals surface area (Å²) in [6.45, 7) is 5.96. The molecule has 0 saturated heterocycles. The lowest BCUT2D eigenvalue weighted by molar-refractivity contribution is 0.242. The number of nitrogens with zero attached hydrogens (tertiary/aromatic N) is 1. The van der Waals surface area contributed by atoms with E-state index in [9.17, 15) is 8.42 Å². The number of anilines is 1. The first-order valence-electron chi connectivity index (χ1n) is 8.35. The first-order chi connectivity index (χ1) is 12.3. The molecule has 6 nitrogen and oxygen atoms in total. The maximum Gasteiger partial charge on any atom is 0.264 e. The molecule has 0 saturated carbocycles. The zero-order chi connectivity index (χ0) is 19.3. The van der Waals surface area contributed by atoms with E-state index in [0.29, 0.717) is 29.5 Å². The highest BCUT2D eigenvalue weighted by molar-refractivity contribution is 7.92. The summed E-state index contributed by atoms with van der Waals surface area (Å²) in [4.78, 5) is 0.138. The van der Waals surface area contributed by atoms with Crippen LogP contribution in [-0.4, -0.2) is 35.3 Å². The molecule has 2 rings (SSSR count). The number of methoxy groups -OCH3 is 2. The molecule has 7 heteroatoms. The Kier molecular flexibility index (Phi) is 6.37. The van der Waals surface area contributed by atoms with Gasteiger partial charge in [-0.3, -0.25) is 4.31 Å². The third-order valence-electron chi connectivity index (χ3n) is 3.73. The molecule has 0 fully saturated rings. The summed E-state index contributed by atoms with van der Waals surface area (Å²) in [6.07, 6.45) is 0.0543. The van der Waals surface area contributed by atoms with Crippen LogP contribution in [0.1, 0.15) is 20.8 Å². The predicted molar refractivity (Wildman–Crippen MR) is 102 cm³/mol. The molecule has 0 N–H and O–H groups in total. The van der Waals surface area contributed by atoms with Crippen molar-refractivity contribution < 1.29 is 22.6 Å². The van der Waals surface area contributed by atoms with Crippen LogP contribution in [0.25, 0.3) is 0 Å². The molecule has 0 aliphatic heterocycles. The lowest BCUT2D eigenvalue weighted by Crippen LogP contribution is -2.30. The van der Waals surface area contributed by atoms with Gasteiger partial charge in [-0.05, 0) is 57.2 Å². The van der Waals surface area contributed by atoms with Crippen LogP contribution in [0, 0.1) is 0 Å². The Balaban J connectivity index is 2.39. The second-order valence-electron chi connectivity index (χ2n) is 5.85. The Bertz CT molecular complexity index is 832. The highest BCUT2D eigenvalue weighted by atomic mass is 32.2. The van der Waals surface area contributed by atoms with Crippen molar-refractivity contribution in [2.75, 3.05) is 25.1 Å². The van der Waals surface area contributed by atoms with E-state index in [-0.39, 0.29) is 11.0 Å². The van der Waals surface area contributed by atoms with Gasteiger partial charge in [-0.15, -0.1) is 0 Å². The SMILES string of the molecule is CCN(c1ccc(OC(C)C)cc1)S(=O)(=O)c1ccc(OC)c(OC)c1. The van der Waals surface area contributed by atoms with E-state index in [2.05, 4.69) is 0 Å². The molecule has 0 amide bonds. The monoisotopic (exact) mass is 379 g/mol. The van der Waals surface area contributed by atoms with Gasteiger partial charge in [0.25, 0.3) is 10.0 Å². The molecular formula is C19H25NO5S. The number of rotatable bonds is 8. The fourth-order valence-corrected chi connectivity index (χ4v) is 4.05. The van der Waals surface area contributed by atoms with Crippen LogP contribution in [0.2, 0.25) is 0 Å². The van der Waals surface area contributed by atoms with Crippen LogP contribution >= 0.6 is 0 Å². The molecule has 2 aromatic carbocycles. The first kappa shape index (κ1) is 19.9. The van der Waals surface area contributed by atoms with Gasteiger partial charge in [0.05, 0.1) is 30.9 Å². The molecule has 0 spiro atoms. The minimum Gasteiger partial charge on any atom is -0.493 e. The average Bonchev–Trinajstić information content (AvgIpc) is 2.62. The number of ether oxygens (including phenoxy) is 3. The van der Waals surface area contributed by atoms with Crippen molar-refractivity contribution in [1.82, 2.24) is 0 Å².